The Hall–Kier alpha value is -2.01. The van der Waals surface area contributed by atoms with Crippen molar-refractivity contribution in [3.63, 3.8) is 0 Å². The molecule has 0 aromatic heterocycles. The fraction of sp³-hybridized carbons (Fsp3) is 0.438. The molecule has 1 aromatic carbocycles. The lowest BCUT2D eigenvalue weighted by Crippen LogP contribution is -2.42. The van der Waals surface area contributed by atoms with Crippen molar-refractivity contribution < 1.29 is 9.53 Å². The molecule has 1 fully saturated rings. The zero-order chi connectivity index (χ0) is 15.1. The van der Waals surface area contributed by atoms with Gasteiger partial charge in [0.15, 0.2) is 0 Å². The molecule has 0 atom stereocenters. The number of nitrogens with zero attached hydrogens (tertiary/aromatic N) is 1. The van der Waals surface area contributed by atoms with Crippen LogP contribution in [-0.4, -0.2) is 32.1 Å². The standard InChI is InChI=1S/C16H23N3O2/c1-3-17-10-4-12-21-15-7-5-14(6-8-15)19-11-9-16(20)18-13(19)2/h5-8,17H,2-4,9-12H2,1H3,(H,18,20). The van der Waals surface area contributed by atoms with Crippen LogP contribution in [0.4, 0.5) is 5.69 Å². The van der Waals surface area contributed by atoms with Crippen LogP contribution in [0.15, 0.2) is 36.7 Å². The molecule has 0 bridgehead atoms. The van der Waals surface area contributed by atoms with Gasteiger partial charge in [-0.05, 0) is 43.8 Å². The predicted molar refractivity (Wildman–Crippen MR) is 84.3 cm³/mol. The van der Waals surface area contributed by atoms with E-state index in [1.165, 1.54) is 0 Å². The lowest BCUT2D eigenvalue weighted by Gasteiger charge is -2.30. The van der Waals surface area contributed by atoms with Crippen molar-refractivity contribution >= 4 is 11.6 Å². The molecule has 1 heterocycles. The van der Waals surface area contributed by atoms with E-state index < -0.39 is 0 Å². The number of nitrogens with one attached hydrogen (secondary N) is 2. The minimum Gasteiger partial charge on any atom is -0.494 e. The molecule has 5 heteroatoms. The van der Waals surface area contributed by atoms with Gasteiger partial charge in [0.2, 0.25) is 5.91 Å². The van der Waals surface area contributed by atoms with Crippen LogP contribution >= 0.6 is 0 Å². The zero-order valence-corrected chi connectivity index (χ0v) is 12.5. The molecule has 0 unspecified atom stereocenters. The summed E-state index contributed by atoms with van der Waals surface area (Å²) in [6, 6.07) is 7.88. The van der Waals surface area contributed by atoms with E-state index in [0.717, 1.165) is 30.9 Å². The molecular weight excluding hydrogens is 266 g/mol. The van der Waals surface area contributed by atoms with Gasteiger partial charge < -0.3 is 20.3 Å². The second-order valence-electron chi connectivity index (χ2n) is 4.95. The largest absolute Gasteiger partial charge is 0.494 e. The highest BCUT2D eigenvalue weighted by Crippen LogP contribution is 2.23. The summed E-state index contributed by atoms with van der Waals surface area (Å²) in [5.41, 5.74) is 1.01. The molecule has 21 heavy (non-hydrogen) atoms. The number of benzene rings is 1. The average Bonchev–Trinajstić information content (AvgIpc) is 2.48. The van der Waals surface area contributed by atoms with Gasteiger partial charge in [-0.1, -0.05) is 13.5 Å². The van der Waals surface area contributed by atoms with Crippen molar-refractivity contribution in [3.05, 3.63) is 36.7 Å². The third-order valence-corrected chi connectivity index (χ3v) is 3.34. The normalized spacial score (nSPS) is 15.0. The van der Waals surface area contributed by atoms with Crippen molar-refractivity contribution in [2.24, 2.45) is 0 Å². The first kappa shape index (κ1) is 15.4. The topological polar surface area (TPSA) is 53.6 Å². The Morgan fingerprint density at radius 2 is 2.14 bits per heavy atom. The first-order valence-corrected chi connectivity index (χ1v) is 7.40. The number of amides is 1. The Bertz CT molecular complexity index is 485. The van der Waals surface area contributed by atoms with Gasteiger partial charge in [-0.25, -0.2) is 0 Å². The number of ether oxygens (including phenoxy) is 1. The van der Waals surface area contributed by atoms with Crippen LogP contribution in [0, 0.1) is 0 Å². The minimum atomic E-state index is 0.0249. The van der Waals surface area contributed by atoms with Crippen LogP contribution in [0.1, 0.15) is 19.8 Å². The number of carbonyl (C=O) groups excluding carboxylic acids is 1. The highest BCUT2D eigenvalue weighted by atomic mass is 16.5. The van der Waals surface area contributed by atoms with E-state index in [1.54, 1.807) is 0 Å². The Kier molecular flexibility index (Phi) is 5.63. The molecule has 2 N–H and O–H groups in total. The first-order valence-electron chi connectivity index (χ1n) is 7.40. The van der Waals surface area contributed by atoms with Crippen molar-refractivity contribution in [1.82, 2.24) is 10.6 Å². The summed E-state index contributed by atoms with van der Waals surface area (Å²) in [4.78, 5) is 13.3. The number of hydrogen-bond donors (Lipinski definition) is 2. The molecule has 1 aliphatic rings. The van der Waals surface area contributed by atoms with E-state index in [9.17, 15) is 4.79 Å². The van der Waals surface area contributed by atoms with Crippen LogP contribution in [0.5, 0.6) is 5.75 Å². The maximum Gasteiger partial charge on any atom is 0.227 e. The Balaban J connectivity index is 1.84. The van der Waals surface area contributed by atoms with Crippen LogP contribution in [0.3, 0.4) is 0 Å². The molecule has 0 aliphatic carbocycles. The quantitative estimate of drug-likeness (QED) is 0.752. The van der Waals surface area contributed by atoms with E-state index in [2.05, 4.69) is 24.1 Å². The molecule has 1 aromatic rings. The fourth-order valence-electron chi connectivity index (χ4n) is 2.21. The van der Waals surface area contributed by atoms with E-state index in [1.807, 2.05) is 29.2 Å². The molecule has 114 valence electrons. The molecular formula is C16H23N3O2. The minimum absolute atomic E-state index is 0.0249. The number of hydrogen-bond acceptors (Lipinski definition) is 4. The predicted octanol–water partition coefficient (Wildman–Crippen LogP) is 1.86. The van der Waals surface area contributed by atoms with Crippen molar-refractivity contribution in [3.8, 4) is 5.75 Å². The second kappa shape index (κ2) is 7.69. The summed E-state index contributed by atoms with van der Waals surface area (Å²) in [5.74, 6) is 1.52. The summed E-state index contributed by atoms with van der Waals surface area (Å²) >= 11 is 0. The number of rotatable bonds is 7. The maximum atomic E-state index is 11.3. The second-order valence-corrected chi connectivity index (χ2v) is 4.95. The van der Waals surface area contributed by atoms with Gasteiger partial charge in [-0.2, -0.15) is 0 Å². The molecule has 1 saturated heterocycles. The molecule has 0 saturated carbocycles. The molecule has 0 spiro atoms. The molecule has 5 nitrogen and oxygen atoms in total. The van der Waals surface area contributed by atoms with Crippen LogP contribution in [-0.2, 0) is 4.79 Å². The lowest BCUT2D eigenvalue weighted by molar-refractivity contribution is -0.120. The third-order valence-electron chi connectivity index (χ3n) is 3.34. The van der Waals surface area contributed by atoms with E-state index in [-0.39, 0.29) is 5.91 Å². The smallest absolute Gasteiger partial charge is 0.227 e. The summed E-state index contributed by atoms with van der Waals surface area (Å²) < 4.78 is 5.69. The average molecular weight is 289 g/mol. The van der Waals surface area contributed by atoms with Crippen molar-refractivity contribution in [2.45, 2.75) is 19.8 Å². The highest BCUT2D eigenvalue weighted by Gasteiger charge is 2.19. The summed E-state index contributed by atoms with van der Waals surface area (Å²) in [6.07, 6.45) is 1.48. The van der Waals surface area contributed by atoms with Crippen molar-refractivity contribution in [1.29, 1.82) is 0 Å². The van der Waals surface area contributed by atoms with Gasteiger partial charge >= 0.3 is 0 Å². The monoisotopic (exact) mass is 289 g/mol. The van der Waals surface area contributed by atoms with Gasteiger partial charge in [0.1, 0.15) is 11.6 Å². The van der Waals surface area contributed by atoms with Crippen molar-refractivity contribution in [2.75, 3.05) is 31.1 Å². The van der Waals surface area contributed by atoms with E-state index >= 15 is 0 Å². The fourth-order valence-corrected chi connectivity index (χ4v) is 2.21. The first-order chi connectivity index (χ1) is 10.2. The molecule has 2 rings (SSSR count). The number of carbonyl (C=O) groups is 1. The molecule has 1 aliphatic heterocycles. The molecule has 0 radical (unpaired) electrons. The van der Waals surface area contributed by atoms with Gasteiger partial charge in [0.05, 0.1) is 6.61 Å². The summed E-state index contributed by atoms with van der Waals surface area (Å²) in [6.45, 7) is 9.31. The highest BCUT2D eigenvalue weighted by molar-refractivity contribution is 5.81. The molecule has 1 amide bonds. The van der Waals surface area contributed by atoms with Gasteiger partial charge in [-0.3, -0.25) is 4.79 Å². The van der Waals surface area contributed by atoms with Gasteiger partial charge in [0, 0.05) is 18.7 Å². The lowest BCUT2D eigenvalue weighted by atomic mass is 10.2. The van der Waals surface area contributed by atoms with Crippen LogP contribution < -0.4 is 20.3 Å². The summed E-state index contributed by atoms with van der Waals surface area (Å²) in [7, 11) is 0. The van der Waals surface area contributed by atoms with Gasteiger partial charge in [0.25, 0.3) is 0 Å². The van der Waals surface area contributed by atoms with Crippen LogP contribution in [0.25, 0.3) is 0 Å². The summed E-state index contributed by atoms with van der Waals surface area (Å²) in [5, 5.41) is 6.01. The Morgan fingerprint density at radius 3 is 2.81 bits per heavy atom. The van der Waals surface area contributed by atoms with E-state index in [4.69, 9.17) is 4.74 Å². The van der Waals surface area contributed by atoms with Gasteiger partial charge in [-0.15, -0.1) is 0 Å². The third kappa shape index (κ3) is 4.49. The maximum absolute atomic E-state index is 11.3. The van der Waals surface area contributed by atoms with E-state index in [0.29, 0.717) is 25.4 Å². The Morgan fingerprint density at radius 1 is 1.38 bits per heavy atom. The number of anilines is 1. The zero-order valence-electron chi connectivity index (χ0n) is 12.5. The van der Waals surface area contributed by atoms with Crippen LogP contribution in [0.2, 0.25) is 0 Å². The SMILES string of the molecule is C=C1NC(=O)CCN1c1ccc(OCCCNCC)cc1. The Labute approximate surface area is 126 Å².